The van der Waals surface area contributed by atoms with Gasteiger partial charge in [0.25, 0.3) is 5.91 Å². The summed E-state index contributed by atoms with van der Waals surface area (Å²) >= 11 is 0. The summed E-state index contributed by atoms with van der Waals surface area (Å²) in [6, 6.07) is 7.06. The Labute approximate surface area is 128 Å². The summed E-state index contributed by atoms with van der Waals surface area (Å²) in [4.78, 5) is 31.9. The van der Waals surface area contributed by atoms with E-state index in [1.54, 1.807) is 34.3 Å². The van der Waals surface area contributed by atoms with E-state index in [9.17, 15) is 9.59 Å². The zero-order chi connectivity index (χ0) is 15.4. The van der Waals surface area contributed by atoms with Gasteiger partial charge in [0.1, 0.15) is 0 Å². The maximum Gasteiger partial charge on any atom is 0.289 e. The molecule has 0 aliphatic carbocycles. The van der Waals surface area contributed by atoms with Crippen molar-refractivity contribution in [3.63, 3.8) is 0 Å². The summed E-state index contributed by atoms with van der Waals surface area (Å²) in [7, 11) is 0. The van der Waals surface area contributed by atoms with Crippen LogP contribution >= 0.6 is 0 Å². The molecule has 3 rings (SSSR count). The number of carbonyl (C=O) groups is 2. The molecule has 0 spiro atoms. The summed E-state index contributed by atoms with van der Waals surface area (Å²) in [6.07, 6.45) is 5.22. The molecule has 114 valence electrons. The maximum absolute atomic E-state index is 12.2. The Morgan fingerprint density at radius 2 is 1.86 bits per heavy atom. The molecule has 0 bridgehead atoms. The molecule has 1 saturated heterocycles. The number of furan rings is 1. The molecule has 1 aliphatic rings. The molecule has 6 nitrogen and oxygen atoms in total. The molecule has 2 aromatic rings. The molecular weight excluding hydrogens is 282 g/mol. The fraction of sp³-hybridized carbons (Fsp3) is 0.312. The molecule has 0 aromatic carbocycles. The first-order chi connectivity index (χ1) is 10.7. The lowest BCUT2D eigenvalue weighted by molar-refractivity contribution is -0.131. The molecule has 0 unspecified atom stereocenters. The van der Waals surface area contributed by atoms with E-state index >= 15 is 0 Å². The Bertz CT molecular complexity index is 632. The van der Waals surface area contributed by atoms with Crippen LogP contribution in [0.25, 0.3) is 0 Å². The second-order valence-electron chi connectivity index (χ2n) is 5.19. The molecule has 1 aliphatic heterocycles. The maximum atomic E-state index is 12.2. The quantitative estimate of drug-likeness (QED) is 0.854. The van der Waals surface area contributed by atoms with Gasteiger partial charge < -0.3 is 14.2 Å². The minimum Gasteiger partial charge on any atom is -0.459 e. The van der Waals surface area contributed by atoms with E-state index in [1.165, 1.54) is 6.26 Å². The molecule has 0 N–H and O–H groups in total. The molecule has 0 atom stereocenters. The van der Waals surface area contributed by atoms with E-state index in [2.05, 4.69) is 4.98 Å². The highest BCUT2D eigenvalue weighted by Crippen LogP contribution is 2.10. The predicted molar refractivity (Wildman–Crippen MR) is 79.1 cm³/mol. The van der Waals surface area contributed by atoms with Gasteiger partial charge in [0.2, 0.25) is 5.91 Å². The minimum atomic E-state index is -0.121. The van der Waals surface area contributed by atoms with E-state index in [1.807, 2.05) is 12.1 Å². The smallest absolute Gasteiger partial charge is 0.289 e. The van der Waals surface area contributed by atoms with Gasteiger partial charge >= 0.3 is 0 Å². The van der Waals surface area contributed by atoms with Crippen LogP contribution in [0.5, 0.6) is 0 Å². The summed E-state index contributed by atoms with van der Waals surface area (Å²) in [5, 5.41) is 0. The van der Waals surface area contributed by atoms with Crippen molar-refractivity contribution in [1.82, 2.24) is 14.8 Å². The zero-order valence-electron chi connectivity index (χ0n) is 12.1. The van der Waals surface area contributed by atoms with Gasteiger partial charge in [-0.05, 0) is 23.8 Å². The first-order valence-electron chi connectivity index (χ1n) is 7.23. The Morgan fingerprint density at radius 1 is 1.09 bits per heavy atom. The molecule has 0 radical (unpaired) electrons. The Kier molecular flexibility index (Phi) is 4.18. The van der Waals surface area contributed by atoms with Crippen LogP contribution in [0.1, 0.15) is 16.1 Å². The summed E-state index contributed by atoms with van der Waals surface area (Å²) < 4.78 is 5.12. The normalized spacial score (nSPS) is 14.9. The summed E-state index contributed by atoms with van der Waals surface area (Å²) in [5.41, 5.74) is 0.904. The third-order valence-corrected chi connectivity index (χ3v) is 3.73. The standard InChI is InChI=1S/C16H17N3O3/c20-15(11-13-3-1-5-17-12-13)18-6-8-19(9-7-18)16(21)14-4-2-10-22-14/h1-5,10,12H,6-9,11H2. The number of pyridine rings is 1. The van der Waals surface area contributed by atoms with Crippen molar-refractivity contribution in [2.24, 2.45) is 0 Å². The molecule has 6 heteroatoms. The minimum absolute atomic E-state index is 0.0677. The van der Waals surface area contributed by atoms with Crippen molar-refractivity contribution >= 4 is 11.8 Å². The third kappa shape index (κ3) is 3.16. The van der Waals surface area contributed by atoms with E-state index < -0.39 is 0 Å². The molecule has 2 amide bonds. The van der Waals surface area contributed by atoms with Crippen molar-refractivity contribution in [2.75, 3.05) is 26.2 Å². The lowest BCUT2D eigenvalue weighted by Gasteiger charge is -2.34. The van der Waals surface area contributed by atoms with Gasteiger partial charge in [0, 0.05) is 38.6 Å². The average Bonchev–Trinajstić information content (AvgIpc) is 3.10. The topological polar surface area (TPSA) is 66.7 Å². The van der Waals surface area contributed by atoms with Crippen molar-refractivity contribution < 1.29 is 14.0 Å². The highest BCUT2D eigenvalue weighted by atomic mass is 16.3. The number of hydrogen-bond acceptors (Lipinski definition) is 4. The SMILES string of the molecule is O=C(Cc1cccnc1)N1CCN(C(=O)c2ccco2)CC1. The van der Waals surface area contributed by atoms with Crippen LogP contribution in [0.3, 0.4) is 0 Å². The van der Waals surface area contributed by atoms with E-state index in [4.69, 9.17) is 4.42 Å². The molecule has 22 heavy (non-hydrogen) atoms. The average molecular weight is 299 g/mol. The van der Waals surface area contributed by atoms with Gasteiger partial charge in [0.15, 0.2) is 5.76 Å². The summed E-state index contributed by atoms with van der Waals surface area (Å²) in [5.74, 6) is 0.289. The van der Waals surface area contributed by atoms with Crippen LogP contribution in [0.2, 0.25) is 0 Å². The second-order valence-corrected chi connectivity index (χ2v) is 5.19. The van der Waals surface area contributed by atoms with Crippen LogP contribution in [0, 0.1) is 0 Å². The Morgan fingerprint density at radius 3 is 2.50 bits per heavy atom. The van der Waals surface area contributed by atoms with Gasteiger partial charge in [-0.25, -0.2) is 0 Å². The van der Waals surface area contributed by atoms with Gasteiger partial charge in [-0.3, -0.25) is 14.6 Å². The Balaban J connectivity index is 1.53. The van der Waals surface area contributed by atoms with E-state index in [-0.39, 0.29) is 11.8 Å². The van der Waals surface area contributed by atoms with Crippen LogP contribution in [-0.4, -0.2) is 52.8 Å². The highest BCUT2D eigenvalue weighted by Gasteiger charge is 2.25. The van der Waals surface area contributed by atoms with Crippen LogP contribution < -0.4 is 0 Å². The predicted octanol–water partition coefficient (Wildman–Crippen LogP) is 1.20. The number of nitrogens with zero attached hydrogens (tertiary/aromatic N) is 3. The lowest BCUT2D eigenvalue weighted by atomic mass is 10.2. The zero-order valence-corrected chi connectivity index (χ0v) is 12.1. The molecule has 0 saturated carbocycles. The number of amides is 2. The van der Waals surface area contributed by atoms with Gasteiger partial charge in [-0.1, -0.05) is 6.07 Å². The monoisotopic (exact) mass is 299 g/mol. The molecular formula is C16H17N3O3. The van der Waals surface area contributed by atoms with Crippen LogP contribution in [0.4, 0.5) is 0 Å². The highest BCUT2D eigenvalue weighted by molar-refractivity contribution is 5.91. The van der Waals surface area contributed by atoms with Crippen molar-refractivity contribution in [2.45, 2.75) is 6.42 Å². The fourth-order valence-corrected chi connectivity index (χ4v) is 2.50. The number of hydrogen-bond donors (Lipinski definition) is 0. The first-order valence-corrected chi connectivity index (χ1v) is 7.23. The van der Waals surface area contributed by atoms with E-state index in [0.29, 0.717) is 38.4 Å². The van der Waals surface area contributed by atoms with Crippen LogP contribution in [-0.2, 0) is 11.2 Å². The largest absolute Gasteiger partial charge is 0.459 e. The molecule has 3 heterocycles. The van der Waals surface area contributed by atoms with Gasteiger partial charge in [-0.15, -0.1) is 0 Å². The Hall–Kier alpha value is -2.63. The summed E-state index contributed by atoms with van der Waals surface area (Å²) in [6.45, 7) is 2.15. The van der Waals surface area contributed by atoms with Crippen molar-refractivity contribution in [3.8, 4) is 0 Å². The first kappa shape index (κ1) is 14.3. The van der Waals surface area contributed by atoms with Crippen molar-refractivity contribution in [1.29, 1.82) is 0 Å². The van der Waals surface area contributed by atoms with Crippen molar-refractivity contribution in [3.05, 3.63) is 54.2 Å². The number of piperazine rings is 1. The fourth-order valence-electron chi connectivity index (χ4n) is 2.50. The molecule has 2 aromatic heterocycles. The lowest BCUT2D eigenvalue weighted by Crippen LogP contribution is -2.50. The van der Waals surface area contributed by atoms with E-state index in [0.717, 1.165) is 5.56 Å². The number of aromatic nitrogens is 1. The van der Waals surface area contributed by atoms with Crippen LogP contribution in [0.15, 0.2) is 47.3 Å². The number of carbonyl (C=O) groups excluding carboxylic acids is 2. The van der Waals surface area contributed by atoms with Gasteiger partial charge in [0.05, 0.1) is 12.7 Å². The second kappa shape index (κ2) is 6.43. The number of rotatable bonds is 3. The van der Waals surface area contributed by atoms with Gasteiger partial charge in [-0.2, -0.15) is 0 Å². The molecule has 1 fully saturated rings. The third-order valence-electron chi connectivity index (χ3n) is 3.73.